The Hall–Kier alpha value is -1.02. The van der Waals surface area contributed by atoms with Crippen LogP contribution in [0.1, 0.15) is 99.0 Å². The van der Waals surface area contributed by atoms with E-state index >= 15 is 0 Å². The number of unbranched alkanes of at least 4 members (excludes halogenated alkanes) is 1. The highest BCUT2D eigenvalue weighted by Gasteiger charge is 2.18. The number of rotatable bonds is 10. The van der Waals surface area contributed by atoms with Gasteiger partial charge in [-0.2, -0.15) is 0 Å². The highest BCUT2D eigenvalue weighted by Crippen LogP contribution is 2.22. The Kier molecular flexibility index (Phi) is 18.3. The topological polar surface area (TPSA) is 12.5 Å². The molecule has 0 aromatic heterocycles. The van der Waals surface area contributed by atoms with Crippen LogP contribution in [0.2, 0.25) is 0 Å². The van der Waals surface area contributed by atoms with E-state index in [4.69, 9.17) is 4.74 Å². The third-order valence-electron chi connectivity index (χ3n) is 5.59. The molecule has 0 spiro atoms. The Balaban J connectivity index is 0.00000116. The van der Waals surface area contributed by atoms with Crippen molar-refractivity contribution in [2.45, 2.75) is 99.8 Å². The van der Waals surface area contributed by atoms with E-state index in [1.807, 2.05) is 13.8 Å². The molecule has 1 aliphatic rings. The molecule has 0 aliphatic carbocycles. The number of hydrogen-bond donors (Lipinski definition) is 0. The smallest absolute Gasteiger partial charge is 0.119 e. The SMILES string of the molecule is CC.CCCC.CCc1ccc(OCCC2CCN(CCCC(C)C)CC2)cc1. The minimum atomic E-state index is 0.844. The van der Waals surface area contributed by atoms with Gasteiger partial charge in [-0.15, -0.1) is 0 Å². The van der Waals surface area contributed by atoms with Gasteiger partial charge in [0.05, 0.1) is 6.61 Å². The van der Waals surface area contributed by atoms with Gasteiger partial charge in [-0.1, -0.05) is 73.4 Å². The summed E-state index contributed by atoms with van der Waals surface area (Å²) in [7, 11) is 0. The molecule has 2 heteroatoms. The molecule has 0 amide bonds. The van der Waals surface area contributed by atoms with Crippen LogP contribution in [0.25, 0.3) is 0 Å². The van der Waals surface area contributed by atoms with Crippen LogP contribution in [0.4, 0.5) is 0 Å². The van der Waals surface area contributed by atoms with Crippen LogP contribution in [-0.4, -0.2) is 31.1 Å². The van der Waals surface area contributed by atoms with E-state index in [0.29, 0.717) is 0 Å². The van der Waals surface area contributed by atoms with Gasteiger partial charge in [0.1, 0.15) is 5.75 Å². The van der Waals surface area contributed by atoms with E-state index in [9.17, 15) is 0 Å². The quantitative estimate of drug-likeness (QED) is 0.391. The molecule has 1 aromatic carbocycles. The van der Waals surface area contributed by atoms with Crippen LogP contribution in [-0.2, 0) is 6.42 Å². The molecule has 0 saturated carbocycles. The molecule has 170 valence electrons. The molecule has 0 atom stereocenters. The summed E-state index contributed by atoms with van der Waals surface area (Å²) in [5, 5.41) is 0. The molecule has 1 aromatic rings. The average Bonchev–Trinajstić information content (AvgIpc) is 2.76. The minimum absolute atomic E-state index is 0.844. The monoisotopic (exact) mass is 405 g/mol. The normalized spacial score (nSPS) is 14.6. The molecule has 1 aliphatic heterocycles. The van der Waals surface area contributed by atoms with Gasteiger partial charge in [0, 0.05) is 0 Å². The van der Waals surface area contributed by atoms with Crippen molar-refractivity contribution >= 4 is 0 Å². The van der Waals surface area contributed by atoms with E-state index in [-0.39, 0.29) is 0 Å². The lowest BCUT2D eigenvalue weighted by molar-refractivity contribution is 0.160. The Bertz CT molecular complexity index is 444. The third kappa shape index (κ3) is 14.6. The largest absolute Gasteiger partial charge is 0.494 e. The zero-order valence-corrected chi connectivity index (χ0v) is 20.8. The fraction of sp³-hybridized carbons (Fsp3) is 0.778. The summed E-state index contributed by atoms with van der Waals surface area (Å²) < 4.78 is 5.91. The summed E-state index contributed by atoms with van der Waals surface area (Å²) in [6, 6.07) is 8.56. The Morgan fingerprint density at radius 3 is 2.03 bits per heavy atom. The van der Waals surface area contributed by atoms with Gasteiger partial charge in [0.15, 0.2) is 0 Å². The second kappa shape index (κ2) is 19.0. The van der Waals surface area contributed by atoms with Crippen molar-refractivity contribution in [2.75, 3.05) is 26.2 Å². The summed E-state index contributed by atoms with van der Waals surface area (Å²) in [5.41, 5.74) is 1.38. The van der Waals surface area contributed by atoms with Gasteiger partial charge in [-0.3, -0.25) is 0 Å². The Morgan fingerprint density at radius 1 is 0.966 bits per heavy atom. The maximum absolute atomic E-state index is 5.91. The van der Waals surface area contributed by atoms with Crippen LogP contribution >= 0.6 is 0 Å². The molecular formula is C27H51NO. The summed E-state index contributed by atoms with van der Waals surface area (Å²) in [4.78, 5) is 2.66. The van der Waals surface area contributed by atoms with E-state index in [1.54, 1.807) is 0 Å². The molecular weight excluding hydrogens is 354 g/mol. The van der Waals surface area contributed by atoms with Crippen molar-refractivity contribution < 1.29 is 4.74 Å². The molecule has 2 rings (SSSR count). The van der Waals surface area contributed by atoms with Crippen molar-refractivity contribution in [3.05, 3.63) is 29.8 Å². The van der Waals surface area contributed by atoms with E-state index in [1.165, 1.54) is 70.1 Å². The summed E-state index contributed by atoms with van der Waals surface area (Å²) in [5.74, 6) is 2.72. The minimum Gasteiger partial charge on any atom is -0.494 e. The second-order valence-corrected chi connectivity index (χ2v) is 8.46. The number of hydrogen-bond acceptors (Lipinski definition) is 2. The number of likely N-dealkylation sites (tertiary alicyclic amines) is 1. The standard InChI is InChI=1S/C21H35NO.C4H10.C2H6/c1-4-19-7-9-21(10-8-19)23-17-13-20-11-15-22(16-12-20)14-5-6-18(2)3;1-3-4-2;1-2/h7-10,18,20H,4-6,11-17H2,1-3H3;3-4H2,1-2H3;1-2H3. The first kappa shape index (κ1) is 28.0. The van der Waals surface area contributed by atoms with Crippen molar-refractivity contribution in [2.24, 2.45) is 11.8 Å². The number of aryl methyl sites for hydroxylation is 1. The van der Waals surface area contributed by atoms with Crippen LogP contribution in [0.5, 0.6) is 5.75 Å². The first-order chi connectivity index (χ1) is 14.1. The molecule has 1 heterocycles. The van der Waals surface area contributed by atoms with Gasteiger partial charge in [0.2, 0.25) is 0 Å². The maximum atomic E-state index is 5.91. The molecule has 0 bridgehead atoms. The zero-order chi connectivity index (χ0) is 21.9. The lowest BCUT2D eigenvalue weighted by Crippen LogP contribution is -2.34. The van der Waals surface area contributed by atoms with Crippen molar-refractivity contribution in [1.29, 1.82) is 0 Å². The molecule has 1 saturated heterocycles. The van der Waals surface area contributed by atoms with Crippen LogP contribution in [0.3, 0.4) is 0 Å². The Labute approximate surface area is 183 Å². The van der Waals surface area contributed by atoms with Gasteiger partial charge in [-0.05, 0) is 87.7 Å². The molecule has 0 N–H and O–H groups in total. The summed E-state index contributed by atoms with van der Waals surface area (Å²) in [6.07, 6.45) is 10.4. The summed E-state index contributed by atoms with van der Waals surface area (Å²) >= 11 is 0. The van der Waals surface area contributed by atoms with E-state index < -0.39 is 0 Å². The second-order valence-electron chi connectivity index (χ2n) is 8.46. The fourth-order valence-corrected chi connectivity index (χ4v) is 3.39. The van der Waals surface area contributed by atoms with Gasteiger partial charge in [-0.25, -0.2) is 0 Å². The number of benzene rings is 1. The van der Waals surface area contributed by atoms with Crippen molar-refractivity contribution in [1.82, 2.24) is 4.90 Å². The van der Waals surface area contributed by atoms with E-state index in [2.05, 4.69) is 63.8 Å². The van der Waals surface area contributed by atoms with Gasteiger partial charge >= 0.3 is 0 Å². The van der Waals surface area contributed by atoms with Crippen molar-refractivity contribution in [3.63, 3.8) is 0 Å². The predicted octanol–water partition coefficient (Wildman–Crippen LogP) is 8.00. The van der Waals surface area contributed by atoms with Gasteiger partial charge in [0.25, 0.3) is 0 Å². The van der Waals surface area contributed by atoms with Gasteiger partial charge < -0.3 is 9.64 Å². The molecule has 29 heavy (non-hydrogen) atoms. The highest BCUT2D eigenvalue weighted by atomic mass is 16.5. The lowest BCUT2D eigenvalue weighted by Gasteiger charge is -2.32. The highest BCUT2D eigenvalue weighted by molar-refractivity contribution is 5.27. The fourth-order valence-electron chi connectivity index (χ4n) is 3.39. The summed E-state index contributed by atoms with van der Waals surface area (Å²) in [6.45, 7) is 19.9. The third-order valence-corrected chi connectivity index (χ3v) is 5.59. The zero-order valence-electron chi connectivity index (χ0n) is 20.8. The maximum Gasteiger partial charge on any atom is 0.119 e. The first-order valence-corrected chi connectivity index (χ1v) is 12.5. The Morgan fingerprint density at radius 2 is 1.55 bits per heavy atom. The molecule has 0 radical (unpaired) electrons. The molecule has 0 unspecified atom stereocenters. The number of piperidine rings is 1. The molecule has 1 fully saturated rings. The lowest BCUT2D eigenvalue weighted by atomic mass is 9.93. The van der Waals surface area contributed by atoms with Crippen LogP contribution < -0.4 is 4.74 Å². The van der Waals surface area contributed by atoms with Crippen molar-refractivity contribution in [3.8, 4) is 5.75 Å². The van der Waals surface area contributed by atoms with Crippen LogP contribution in [0.15, 0.2) is 24.3 Å². The first-order valence-electron chi connectivity index (χ1n) is 12.5. The van der Waals surface area contributed by atoms with E-state index in [0.717, 1.165) is 30.6 Å². The molecule has 2 nitrogen and oxygen atoms in total. The predicted molar refractivity (Wildman–Crippen MR) is 131 cm³/mol. The van der Waals surface area contributed by atoms with Crippen LogP contribution in [0, 0.1) is 11.8 Å². The average molecular weight is 406 g/mol. The number of ether oxygens (including phenoxy) is 1. The number of nitrogens with zero attached hydrogens (tertiary/aromatic N) is 1.